The van der Waals surface area contributed by atoms with Gasteiger partial charge in [-0.2, -0.15) is 0 Å². The Bertz CT molecular complexity index is 3460. The van der Waals surface area contributed by atoms with Crippen molar-refractivity contribution in [3.05, 3.63) is 217 Å². The van der Waals surface area contributed by atoms with Gasteiger partial charge in [-0.15, -0.1) is 0 Å². The average Bonchev–Trinajstić information content (AvgIpc) is 3.76. The van der Waals surface area contributed by atoms with Gasteiger partial charge >= 0.3 is 0 Å². The number of phenolic OH excluding ortho intramolecular Hbond substituents is 1. The molecular formula is C65H59N3O. The van der Waals surface area contributed by atoms with Crippen LogP contribution in [0.3, 0.4) is 0 Å². The fraction of sp³-hybridized carbons (Fsp3) is 0.169. The highest BCUT2D eigenvalue weighted by molar-refractivity contribution is 5.98. The number of phenols is 1. The van der Waals surface area contributed by atoms with Crippen LogP contribution in [0.25, 0.3) is 95.0 Å². The van der Waals surface area contributed by atoms with Crippen LogP contribution >= 0.6 is 0 Å². The van der Waals surface area contributed by atoms with E-state index in [1.165, 1.54) is 22.3 Å². The fourth-order valence-electron chi connectivity index (χ4n) is 9.58. The van der Waals surface area contributed by atoms with Crippen molar-refractivity contribution in [2.45, 2.75) is 72.1 Å². The van der Waals surface area contributed by atoms with Crippen LogP contribution in [0, 0.1) is 0 Å². The van der Waals surface area contributed by atoms with Gasteiger partial charge in [0.05, 0.1) is 28.0 Å². The maximum Gasteiger partial charge on any atom is 0.149 e. The zero-order valence-corrected chi connectivity index (χ0v) is 40.9. The summed E-state index contributed by atoms with van der Waals surface area (Å²) in [6, 6.07) is 69.1. The van der Waals surface area contributed by atoms with E-state index in [0.717, 1.165) is 78.0 Å². The quantitative estimate of drug-likeness (QED) is 0.157. The molecule has 8 aromatic carbocycles. The topological polar surface area (TPSA) is 50.9 Å². The number of benzene rings is 8. The minimum Gasteiger partial charge on any atom is -0.507 e. The Labute approximate surface area is 407 Å². The van der Waals surface area contributed by atoms with Gasteiger partial charge in [0.2, 0.25) is 0 Å². The first-order chi connectivity index (χ1) is 33.2. The van der Waals surface area contributed by atoms with Crippen LogP contribution in [-0.2, 0) is 10.8 Å². The van der Waals surface area contributed by atoms with Crippen molar-refractivity contribution in [1.29, 1.82) is 0 Å². The molecule has 0 aliphatic heterocycles. The molecule has 0 atom stereocenters. The van der Waals surface area contributed by atoms with Gasteiger partial charge in [0.15, 0.2) is 0 Å². The Morgan fingerprint density at radius 2 is 0.986 bits per heavy atom. The first-order valence-electron chi connectivity index (χ1n) is 24.1. The number of aromatic nitrogens is 3. The number of nitrogens with zero attached hydrogens (tertiary/aromatic N) is 3. The molecule has 4 nitrogen and oxygen atoms in total. The minimum atomic E-state index is -0.326. The molecule has 10 aromatic rings. The molecule has 10 rings (SSSR count). The number of rotatable bonds is 9. The molecule has 0 aliphatic rings. The van der Waals surface area contributed by atoms with Gasteiger partial charge in [-0.1, -0.05) is 195 Å². The number of hydrogen-bond acceptors (Lipinski definition) is 3. The molecule has 0 saturated carbocycles. The smallest absolute Gasteiger partial charge is 0.149 e. The Hall–Kier alpha value is -7.82. The highest BCUT2D eigenvalue weighted by Crippen LogP contribution is 2.46. The van der Waals surface area contributed by atoms with Crippen molar-refractivity contribution in [1.82, 2.24) is 14.5 Å². The van der Waals surface area contributed by atoms with Crippen LogP contribution in [0.1, 0.15) is 78.0 Å². The zero-order chi connectivity index (χ0) is 48.0. The fourth-order valence-corrected chi connectivity index (χ4v) is 9.58. The molecule has 1 N–H and O–H groups in total. The van der Waals surface area contributed by atoms with Crippen LogP contribution in [0.15, 0.2) is 200 Å². The van der Waals surface area contributed by atoms with E-state index in [0.29, 0.717) is 11.4 Å². The normalized spacial score (nSPS) is 12.0. The Morgan fingerprint density at radius 3 is 1.59 bits per heavy atom. The van der Waals surface area contributed by atoms with E-state index in [9.17, 15) is 5.11 Å². The highest BCUT2D eigenvalue weighted by atomic mass is 16.3. The van der Waals surface area contributed by atoms with Crippen LogP contribution < -0.4 is 0 Å². The molecule has 2 heterocycles. The maximum atomic E-state index is 12.6. The first-order valence-corrected chi connectivity index (χ1v) is 24.1. The lowest BCUT2D eigenvalue weighted by molar-refractivity contribution is 0.446. The lowest BCUT2D eigenvalue weighted by Gasteiger charge is -2.28. The third kappa shape index (κ3) is 8.91. The summed E-state index contributed by atoms with van der Waals surface area (Å²) >= 11 is 0. The van der Waals surface area contributed by atoms with Crippen LogP contribution in [0.2, 0.25) is 0 Å². The standard InChI is InChI=1S/C65H59N3O/c1-42(2)55-38-48(44-21-14-10-15-22-44)31-32-59(55)68-60-26-18-25-54(61(60)67-63(68)56-40-53(64(3,4)5)41-57(62(56)69)65(6,7)8)51-35-50(45-23-16-11-17-24-45)36-52(37-51)58-39-49(33-34-66-58)47-29-27-46(28-30-47)43-19-12-9-13-20-43/h9-42,69H,1-8H3. The van der Waals surface area contributed by atoms with E-state index >= 15 is 0 Å². The first kappa shape index (κ1) is 45.0. The van der Waals surface area contributed by atoms with Crippen molar-refractivity contribution in [2.75, 3.05) is 0 Å². The van der Waals surface area contributed by atoms with Gasteiger partial charge in [-0.25, -0.2) is 4.98 Å². The highest BCUT2D eigenvalue weighted by Gasteiger charge is 2.29. The summed E-state index contributed by atoms with van der Waals surface area (Å²) in [5, 5.41) is 12.6. The second-order valence-electron chi connectivity index (χ2n) is 20.7. The Kier molecular flexibility index (Phi) is 11.7. The van der Waals surface area contributed by atoms with E-state index in [4.69, 9.17) is 9.97 Å². The largest absolute Gasteiger partial charge is 0.507 e. The van der Waals surface area contributed by atoms with E-state index in [2.05, 4.69) is 248 Å². The van der Waals surface area contributed by atoms with Crippen molar-refractivity contribution >= 4 is 11.0 Å². The monoisotopic (exact) mass is 897 g/mol. The molecule has 0 spiro atoms. The van der Waals surface area contributed by atoms with E-state index in [1.807, 2.05) is 12.3 Å². The molecule has 4 heteroatoms. The number of fused-ring (bicyclic) bond motifs is 1. The molecule has 0 saturated heterocycles. The van der Waals surface area contributed by atoms with E-state index in [1.54, 1.807) is 0 Å². The van der Waals surface area contributed by atoms with E-state index < -0.39 is 0 Å². The summed E-state index contributed by atoms with van der Waals surface area (Å²) in [5.74, 6) is 1.15. The average molecular weight is 898 g/mol. The van der Waals surface area contributed by atoms with Crippen LogP contribution in [-0.4, -0.2) is 19.6 Å². The van der Waals surface area contributed by atoms with Gasteiger partial charge in [0, 0.05) is 22.9 Å². The van der Waals surface area contributed by atoms with Gasteiger partial charge in [-0.3, -0.25) is 9.55 Å². The van der Waals surface area contributed by atoms with Gasteiger partial charge in [0.25, 0.3) is 0 Å². The van der Waals surface area contributed by atoms with Gasteiger partial charge < -0.3 is 5.11 Å². The number of para-hydroxylation sites is 1. The summed E-state index contributed by atoms with van der Waals surface area (Å²) < 4.78 is 2.30. The molecule has 0 fully saturated rings. The van der Waals surface area contributed by atoms with Crippen molar-refractivity contribution in [3.8, 4) is 89.7 Å². The third-order valence-corrected chi connectivity index (χ3v) is 13.4. The summed E-state index contributed by atoms with van der Waals surface area (Å²) in [5.41, 5.74) is 19.3. The number of imidazole rings is 1. The molecule has 69 heavy (non-hydrogen) atoms. The molecule has 340 valence electrons. The molecule has 0 unspecified atom stereocenters. The Balaban J connectivity index is 1.20. The summed E-state index contributed by atoms with van der Waals surface area (Å²) in [6.07, 6.45) is 1.92. The lowest BCUT2D eigenvalue weighted by Crippen LogP contribution is -2.17. The summed E-state index contributed by atoms with van der Waals surface area (Å²) in [6.45, 7) is 17.7. The number of hydrogen-bond donors (Lipinski definition) is 1. The zero-order valence-electron chi connectivity index (χ0n) is 40.9. The SMILES string of the molecule is CC(C)c1cc(-c2ccccc2)ccc1-n1c(-c2cc(C(C)(C)C)cc(C(C)(C)C)c2O)nc2c(-c3cc(-c4ccccc4)cc(-c4cc(-c5ccc(-c6ccccc6)cc5)ccn4)c3)cccc21. The molecule has 0 bridgehead atoms. The molecule has 0 amide bonds. The molecule has 0 aliphatic carbocycles. The maximum absolute atomic E-state index is 12.6. The molecule has 2 aromatic heterocycles. The predicted molar refractivity (Wildman–Crippen MR) is 290 cm³/mol. The van der Waals surface area contributed by atoms with Crippen LogP contribution in [0.4, 0.5) is 0 Å². The van der Waals surface area contributed by atoms with Gasteiger partial charge in [0.1, 0.15) is 11.6 Å². The lowest BCUT2D eigenvalue weighted by atomic mass is 9.79. The van der Waals surface area contributed by atoms with Crippen LogP contribution in [0.5, 0.6) is 5.75 Å². The molecular weight excluding hydrogens is 839 g/mol. The van der Waals surface area contributed by atoms with Gasteiger partial charge in [-0.05, 0) is 133 Å². The van der Waals surface area contributed by atoms with Crippen molar-refractivity contribution in [2.24, 2.45) is 0 Å². The Morgan fingerprint density at radius 1 is 0.449 bits per heavy atom. The van der Waals surface area contributed by atoms with Crippen molar-refractivity contribution < 1.29 is 5.11 Å². The third-order valence-electron chi connectivity index (χ3n) is 13.4. The molecule has 0 radical (unpaired) electrons. The second-order valence-corrected chi connectivity index (χ2v) is 20.7. The number of aromatic hydroxyl groups is 1. The van der Waals surface area contributed by atoms with E-state index in [-0.39, 0.29) is 22.5 Å². The second kappa shape index (κ2) is 18.0. The minimum absolute atomic E-state index is 0.184. The van der Waals surface area contributed by atoms with Crippen molar-refractivity contribution in [3.63, 3.8) is 0 Å². The number of pyridine rings is 1. The summed E-state index contributed by atoms with van der Waals surface area (Å²) in [7, 11) is 0. The summed E-state index contributed by atoms with van der Waals surface area (Å²) in [4.78, 5) is 10.7. The predicted octanol–water partition coefficient (Wildman–Crippen LogP) is 17.5.